The van der Waals surface area contributed by atoms with E-state index in [2.05, 4.69) is 31.3 Å². The van der Waals surface area contributed by atoms with E-state index in [0.717, 1.165) is 0 Å². The monoisotopic (exact) mass is 434 g/mol. The van der Waals surface area contributed by atoms with Crippen molar-refractivity contribution in [2.24, 2.45) is 0 Å². The Labute approximate surface area is 163 Å². The Balaban J connectivity index is 1.76. The second-order valence-corrected chi connectivity index (χ2v) is 6.33. The molecule has 3 aromatic rings. The summed E-state index contributed by atoms with van der Waals surface area (Å²) in [4.78, 5) is 16.7. The normalized spacial score (nSPS) is 10.6. The number of aromatic nitrogens is 3. The van der Waals surface area contributed by atoms with Crippen molar-refractivity contribution in [1.29, 1.82) is 0 Å². The number of benzene rings is 1. The van der Waals surface area contributed by atoms with Gasteiger partial charge in [0.05, 0.1) is 29.5 Å². The lowest BCUT2D eigenvalue weighted by atomic mass is 10.2. The average molecular weight is 435 g/mol. The molecule has 0 saturated carbocycles. The molecule has 0 radical (unpaired) electrons. The van der Waals surface area contributed by atoms with E-state index in [1.54, 1.807) is 36.3 Å². The molecule has 0 unspecified atom stereocenters. The van der Waals surface area contributed by atoms with Crippen molar-refractivity contribution in [3.05, 3.63) is 64.8 Å². The van der Waals surface area contributed by atoms with Crippen LogP contribution >= 0.6 is 15.9 Å². The number of hydrogen-bond donors (Lipinski definition) is 1. The standard InChI is InChI=1S/C18H16BrFN4O3/c1-26-8-7-24-11-13(10-22-24)23-17(25)14-3-2-6-21-18(14)27-16-5-4-12(20)9-15(16)19/h2-6,9-11H,7-8H2,1H3,(H,23,25). The highest BCUT2D eigenvalue weighted by molar-refractivity contribution is 9.10. The molecule has 140 valence electrons. The summed E-state index contributed by atoms with van der Waals surface area (Å²) in [7, 11) is 1.61. The predicted octanol–water partition coefficient (Wildman–Crippen LogP) is 3.87. The van der Waals surface area contributed by atoms with Gasteiger partial charge in [0.15, 0.2) is 0 Å². The Morgan fingerprint density at radius 1 is 1.37 bits per heavy atom. The van der Waals surface area contributed by atoms with Gasteiger partial charge < -0.3 is 14.8 Å². The van der Waals surface area contributed by atoms with Crippen molar-refractivity contribution in [3.8, 4) is 11.6 Å². The fourth-order valence-electron chi connectivity index (χ4n) is 2.24. The van der Waals surface area contributed by atoms with Crippen molar-refractivity contribution < 1.29 is 18.7 Å². The molecule has 27 heavy (non-hydrogen) atoms. The summed E-state index contributed by atoms with van der Waals surface area (Å²) in [5.74, 6) is -0.355. The number of hydrogen-bond acceptors (Lipinski definition) is 5. The summed E-state index contributed by atoms with van der Waals surface area (Å²) in [6.45, 7) is 1.09. The molecular weight excluding hydrogens is 419 g/mol. The maximum atomic E-state index is 13.2. The third-order valence-corrected chi connectivity index (χ3v) is 4.15. The number of nitrogens with one attached hydrogen (secondary N) is 1. The Morgan fingerprint density at radius 3 is 3.00 bits per heavy atom. The highest BCUT2D eigenvalue weighted by Gasteiger charge is 2.16. The Hall–Kier alpha value is -2.78. The topological polar surface area (TPSA) is 78.3 Å². The first-order valence-corrected chi connectivity index (χ1v) is 8.77. The number of methoxy groups -OCH3 is 1. The molecule has 0 aliphatic carbocycles. The molecule has 2 aromatic heterocycles. The summed E-state index contributed by atoms with van der Waals surface area (Å²) in [5.41, 5.74) is 0.771. The van der Waals surface area contributed by atoms with Crippen LogP contribution in [0.5, 0.6) is 11.6 Å². The molecule has 0 spiro atoms. The van der Waals surface area contributed by atoms with E-state index in [-0.39, 0.29) is 11.4 Å². The summed E-state index contributed by atoms with van der Waals surface area (Å²) >= 11 is 3.23. The zero-order valence-corrected chi connectivity index (χ0v) is 15.9. The van der Waals surface area contributed by atoms with Gasteiger partial charge in [-0.2, -0.15) is 5.10 Å². The van der Waals surface area contributed by atoms with Crippen LogP contribution in [-0.4, -0.2) is 34.4 Å². The summed E-state index contributed by atoms with van der Waals surface area (Å²) in [6, 6.07) is 7.20. The molecule has 0 aliphatic heterocycles. The van der Waals surface area contributed by atoms with Gasteiger partial charge in [0.2, 0.25) is 5.88 Å². The first-order chi connectivity index (χ1) is 13.1. The van der Waals surface area contributed by atoms with Crippen molar-refractivity contribution in [1.82, 2.24) is 14.8 Å². The van der Waals surface area contributed by atoms with Gasteiger partial charge in [0, 0.05) is 19.5 Å². The zero-order valence-electron chi connectivity index (χ0n) is 14.4. The number of carbonyl (C=O) groups excluding carboxylic acids is 1. The summed E-state index contributed by atoms with van der Waals surface area (Å²) in [5, 5.41) is 6.89. The van der Waals surface area contributed by atoms with Gasteiger partial charge in [-0.15, -0.1) is 0 Å². The van der Waals surface area contributed by atoms with Gasteiger partial charge in [-0.25, -0.2) is 9.37 Å². The van der Waals surface area contributed by atoms with Crippen LogP contribution in [0.3, 0.4) is 0 Å². The van der Waals surface area contributed by atoms with Crippen LogP contribution in [0.1, 0.15) is 10.4 Å². The fourth-order valence-corrected chi connectivity index (χ4v) is 2.67. The maximum absolute atomic E-state index is 13.2. The first kappa shape index (κ1) is 19.0. The van der Waals surface area contributed by atoms with Crippen molar-refractivity contribution in [2.45, 2.75) is 6.54 Å². The van der Waals surface area contributed by atoms with Gasteiger partial charge in [-0.3, -0.25) is 9.48 Å². The van der Waals surface area contributed by atoms with Crippen LogP contribution in [0.25, 0.3) is 0 Å². The Kier molecular flexibility index (Phi) is 6.15. The van der Waals surface area contributed by atoms with Crippen LogP contribution < -0.4 is 10.1 Å². The molecule has 0 aliphatic rings. The summed E-state index contributed by atoms with van der Waals surface area (Å²) < 4.78 is 26.0. The quantitative estimate of drug-likeness (QED) is 0.610. The van der Waals surface area contributed by atoms with Crippen molar-refractivity contribution in [3.63, 3.8) is 0 Å². The zero-order chi connectivity index (χ0) is 19.2. The number of halogens is 2. The first-order valence-electron chi connectivity index (χ1n) is 7.97. The molecule has 0 atom stereocenters. The van der Waals surface area contributed by atoms with E-state index in [4.69, 9.17) is 9.47 Å². The fraction of sp³-hybridized carbons (Fsp3) is 0.167. The smallest absolute Gasteiger partial charge is 0.261 e. The largest absolute Gasteiger partial charge is 0.437 e. The minimum atomic E-state index is -0.404. The lowest BCUT2D eigenvalue weighted by molar-refractivity contribution is 0.102. The maximum Gasteiger partial charge on any atom is 0.261 e. The van der Waals surface area contributed by atoms with E-state index >= 15 is 0 Å². The average Bonchev–Trinajstić information content (AvgIpc) is 3.10. The lowest BCUT2D eigenvalue weighted by Gasteiger charge is -2.10. The van der Waals surface area contributed by atoms with E-state index in [1.165, 1.54) is 24.4 Å². The van der Waals surface area contributed by atoms with Gasteiger partial charge in [-0.1, -0.05) is 0 Å². The number of rotatable bonds is 7. The van der Waals surface area contributed by atoms with Crippen LogP contribution in [0, 0.1) is 5.82 Å². The molecule has 9 heteroatoms. The molecule has 1 N–H and O–H groups in total. The lowest BCUT2D eigenvalue weighted by Crippen LogP contribution is -2.13. The highest BCUT2D eigenvalue weighted by atomic mass is 79.9. The number of anilines is 1. The molecule has 1 amide bonds. The van der Waals surface area contributed by atoms with E-state index < -0.39 is 11.7 Å². The highest BCUT2D eigenvalue weighted by Crippen LogP contribution is 2.31. The van der Waals surface area contributed by atoms with Crippen LogP contribution in [-0.2, 0) is 11.3 Å². The number of ether oxygens (including phenoxy) is 2. The van der Waals surface area contributed by atoms with E-state index in [9.17, 15) is 9.18 Å². The minimum absolute atomic E-state index is 0.106. The number of amides is 1. The molecule has 3 rings (SSSR count). The molecule has 7 nitrogen and oxygen atoms in total. The van der Waals surface area contributed by atoms with Crippen molar-refractivity contribution in [2.75, 3.05) is 19.0 Å². The second-order valence-electron chi connectivity index (χ2n) is 5.47. The van der Waals surface area contributed by atoms with Crippen LogP contribution in [0.15, 0.2) is 53.4 Å². The van der Waals surface area contributed by atoms with Gasteiger partial charge in [0.25, 0.3) is 5.91 Å². The van der Waals surface area contributed by atoms with E-state index in [0.29, 0.717) is 29.1 Å². The molecule has 0 fully saturated rings. The van der Waals surface area contributed by atoms with Crippen molar-refractivity contribution >= 4 is 27.5 Å². The van der Waals surface area contributed by atoms with Gasteiger partial charge in [-0.05, 0) is 46.3 Å². The predicted molar refractivity (Wildman–Crippen MR) is 100 cm³/mol. The number of pyridine rings is 1. The molecular formula is C18H16BrFN4O3. The molecule has 1 aromatic carbocycles. The Morgan fingerprint density at radius 2 is 2.22 bits per heavy atom. The van der Waals surface area contributed by atoms with E-state index in [1.807, 2.05) is 0 Å². The minimum Gasteiger partial charge on any atom is -0.437 e. The molecule has 2 heterocycles. The third kappa shape index (κ3) is 4.89. The number of nitrogens with zero attached hydrogens (tertiary/aromatic N) is 3. The van der Waals surface area contributed by atoms with Crippen LogP contribution in [0.2, 0.25) is 0 Å². The molecule has 0 saturated heterocycles. The van der Waals surface area contributed by atoms with Gasteiger partial charge in [0.1, 0.15) is 17.1 Å². The van der Waals surface area contributed by atoms with Crippen LogP contribution in [0.4, 0.5) is 10.1 Å². The second kappa shape index (κ2) is 8.74. The Bertz CT molecular complexity index is 948. The molecule has 0 bridgehead atoms. The summed E-state index contributed by atoms with van der Waals surface area (Å²) in [6.07, 6.45) is 4.75. The third-order valence-electron chi connectivity index (χ3n) is 3.53. The number of carbonyl (C=O) groups is 1. The van der Waals surface area contributed by atoms with Gasteiger partial charge >= 0.3 is 0 Å². The SMILES string of the molecule is COCCn1cc(NC(=O)c2cccnc2Oc2ccc(F)cc2Br)cn1.